The zero-order valence-corrected chi connectivity index (χ0v) is 35.0. The molecule has 0 saturated heterocycles. The van der Waals surface area contributed by atoms with Crippen molar-refractivity contribution in [3.63, 3.8) is 0 Å². The molecule has 0 aliphatic rings. The van der Waals surface area contributed by atoms with Crippen LogP contribution in [0.4, 0.5) is 87.8 Å². The molecule has 8 rings (SSSR count). The molecule has 0 saturated carbocycles. The van der Waals surface area contributed by atoms with E-state index in [4.69, 9.17) is 15.1 Å². The third-order valence-corrected chi connectivity index (χ3v) is 9.09. The number of hydrogen-bond donors (Lipinski definition) is 3. The van der Waals surface area contributed by atoms with Crippen molar-refractivity contribution in [2.24, 2.45) is 0 Å². The smallest absolute Gasteiger partial charge is 0.402 e. The molecule has 8 aromatic carbocycles. The maximum absolute atomic E-state index is 13.4. The van der Waals surface area contributed by atoms with Crippen LogP contribution in [0.3, 0.4) is 0 Å². The second kappa shape index (κ2) is 24.9. The van der Waals surface area contributed by atoms with E-state index >= 15 is 0 Å². The third-order valence-electron chi connectivity index (χ3n) is 9.09. The van der Waals surface area contributed by atoms with Gasteiger partial charge in [-0.25, -0.2) is 87.8 Å². The van der Waals surface area contributed by atoms with Crippen LogP contribution in [-0.2, 0) is 0 Å². The fourth-order valence-electron chi connectivity index (χ4n) is 5.85. The molecule has 0 atom stereocenters. The van der Waals surface area contributed by atoms with E-state index in [0.717, 1.165) is 0 Å². The molecule has 0 unspecified atom stereocenters. The van der Waals surface area contributed by atoms with Crippen LogP contribution in [0.25, 0.3) is 44.5 Å². The Hall–Kier alpha value is -7.70. The summed E-state index contributed by atoms with van der Waals surface area (Å²) >= 11 is 0. The lowest BCUT2D eigenvalue weighted by Crippen LogP contribution is -2.07. The summed E-state index contributed by atoms with van der Waals surface area (Å²) in [6, 6.07) is 27.9. The highest BCUT2D eigenvalue weighted by Gasteiger charge is 2.29. The Balaban J connectivity index is 0.000000203. The molecule has 0 aliphatic heterocycles. The summed E-state index contributed by atoms with van der Waals surface area (Å²) in [6.45, 7) is 0. The van der Waals surface area contributed by atoms with Gasteiger partial charge in [0, 0.05) is 0 Å². The molecule has 8 aromatic rings. The van der Waals surface area contributed by atoms with Crippen molar-refractivity contribution in [1.29, 1.82) is 0 Å². The van der Waals surface area contributed by atoms with Crippen molar-refractivity contribution in [3.8, 4) is 44.5 Å². The van der Waals surface area contributed by atoms with Crippen LogP contribution in [0.5, 0.6) is 0 Å². The van der Waals surface area contributed by atoms with Crippen molar-refractivity contribution in [2.75, 3.05) is 0 Å². The van der Waals surface area contributed by atoms with Crippen LogP contribution in [0.1, 0.15) is 0 Å². The van der Waals surface area contributed by atoms with E-state index in [9.17, 15) is 87.8 Å². The Bertz CT molecular complexity index is 2630. The second-order valence-corrected chi connectivity index (χ2v) is 13.6. The minimum atomic E-state index is -2.17. The number of hydrogen-bond acceptors (Lipinski definition) is 3. The van der Waals surface area contributed by atoms with E-state index in [1.54, 1.807) is 24.3 Å². The Morgan fingerprint density at radius 2 is 0.278 bits per heavy atom. The highest BCUT2D eigenvalue weighted by Crippen LogP contribution is 2.35. The van der Waals surface area contributed by atoms with E-state index in [2.05, 4.69) is 0 Å². The maximum Gasteiger partial charge on any atom is 0.631 e. The quantitative estimate of drug-likeness (QED) is 0.0712. The van der Waals surface area contributed by atoms with Gasteiger partial charge in [-0.15, -0.1) is 0 Å². The highest BCUT2D eigenvalue weighted by molar-refractivity contribution is 6.30. The van der Waals surface area contributed by atoms with Crippen molar-refractivity contribution in [1.82, 2.24) is 0 Å². The Morgan fingerprint density at radius 1 is 0.181 bits per heavy atom. The average molecular weight is 1040 g/mol. The van der Waals surface area contributed by atoms with E-state index in [1.165, 1.54) is 97.1 Å². The summed E-state index contributed by atoms with van der Waals surface area (Å²) in [5.41, 5.74) is -3.94. The molecule has 3 N–H and O–H groups in total. The van der Waals surface area contributed by atoms with Gasteiger partial charge in [-0.05, 0) is 22.3 Å². The van der Waals surface area contributed by atoms with Crippen molar-refractivity contribution in [3.05, 3.63) is 238 Å². The molecular formula is C48H23BF20O3. The molecule has 3 nitrogen and oxygen atoms in total. The summed E-state index contributed by atoms with van der Waals surface area (Å²) in [5, 5.41) is 21.5. The van der Waals surface area contributed by atoms with Gasteiger partial charge in [0.2, 0.25) is 23.3 Å². The van der Waals surface area contributed by atoms with Gasteiger partial charge in [-0.2, -0.15) is 0 Å². The number of halogens is 20. The summed E-state index contributed by atoms with van der Waals surface area (Å²) in [7, 11) is -2.17. The molecule has 0 radical (unpaired) electrons. The van der Waals surface area contributed by atoms with Crippen LogP contribution in [0.2, 0.25) is 0 Å². The van der Waals surface area contributed by atoms with E-state index < -0.39 is 146 Å². The van der Waals surface area contributed by atoms with Gasteiger partial charge in [0.25, 0.3) is 0 Å². The normalized spacial score (nSPS) is 10.4. The lowest BCUT2D eigenvalue weighted by Gasteiger charge is -2.07. The van der Waals surface area contributed by atoms with Gasteiger partial charge in [-0.3, -0.25) is 0 Å². The monoisotopic (exact) mass is 1040 g/mol. The van der Waals surface area contributed by atoms with Gasteiger partial charge < -0.3 is 15.1 Å². The van der Waals surface area contributed by atoms with Crippen molar-refractivity contribution in [2.45, 2.75) is 0 Å². The highest BCUT2D eigenvalue weighted by atomic mass is 19.2. The summed E-state index contributed by atoms with van der Waals surface area (Å²) < 4.78 is 261. The van der Waals surface area contributed by atoms with Gasteiger partial charge in [0.1, 0.15) is 0 Å². The second-order valence-electron chi connectivity index (χ2n) is 13.6. The topological polar surface area (TPSA) is 60.7 Å². The first-order valence-corrected chi connectivity index (χ1v) is 19.2. The molecule has 24 heteroatoms. The minimum Gasteiger partial charge on any atom is -0.402 e. The molecule has 0 fully saturated rings. The molecule has 0 spiro atoms. The first-order chi connectivity index (χ1) is 33.9. The van der Waals surface area contributed by atoms with Crippen LogP contribution >= 0.6 is 0 Å². The zero-order chi connectivity index (χ0) is 53.9. The summed E-state index contributed by atoms with van der Waals surface area (Å²) in [5.74, 6) is -38.8. The van der Waals surface area contributed by atoms with Crippen LogP contribution in [-0.4, -0.2) is 22.4 Å². The SMILES string of the molecule is Fc1c(F)c(F)c(-c2ccccc2)c(F)c1F.Fc1c(F)c(F)c(-c2ccccc2)c(F)c1F.Fc1c(F)c(F)c(-c2ccccc2)c(F)c1F.Fc1c(F)c(F)c(-c2ccccc2)c(F)c1F.OB(O)O. The number of rotatable bonds is 4. The van der Waals surface area contributed by atoms with Crippen LogP contribution in [0.15, 0.2) is 121 Å². The van der Waals surface area contributed by atoms with E-state index in [1.807, 2.05) is 0 Å². The van der Waals surface area contributed by atoms with Crippen molar-refractivity contribution >= 4 is 7.32 Å². The molecular weight excluding hydrogens is 1020 g/mol. The molecule has 0 aliphatic carbocycles. The first kappa shape index (κ1) is 56.9. The predicted molar refractivity (Wildman–Crippen MR) is 219 cm³/mol. The molecule has 72 heavy (non-hydrogen) atoms. The molecule has 0 aromatic heterocycles. The molecule has 376 valence electrons. The zero-order valence-electron chi connectivity index (χ0n) is 35.0. The first-order valence-electron chi connectivity index (χ1n) is 19.2. The average Bonchev–Trinajstić information content (AvgIpc) is 3.38. The van der Waals surface area contributed by atoms with E-state index in [0.29, 0.717) is 0 Å². The Morgan fingerprint density at radius 3 is 0.389 bits per heavy atom. The summed E-state index contributed by atoms with van der Waals surface area (Å²) in [6.07, 6.45) is 0. The standard InChI is InChI=1S/4C12H5F5.BH3O3/c4*13-8-7(6-4-2-1-3-5-6)9(14)11(16)12(17)10(8)15;2-1(3)4/h4*1-5H;2-4H. The lowest BCUT2D eigenvalue weighted by atomic mass is 10.0. The van der Waals surface area contributed by atoms with E-state index in [-0.39, 0.29) is 22.3 Å². The Labute approximate surface area is 391 Å². The van der Waals surface area contributed by atoms with Gasteiger partial charge in [0.15, 0.2) is 93.1 Å². The maximum atomic E-state index is 13.4. The minimum absolute atomic E-state index is 0.0692. The largest absolute Gasteiger partial charge is 0.631 e. The predicted octanol–water partition coefficient (Wildman–Crippen LogP) is 14.1. The summed E-state index contributed by atoms with van der Waals surface area (Å²) in [4.78, 5) is 0. The van der Waals surface area contributed by atoms with Crippen molar-refractivity contribution < 1.29 is 103 Å². The number of benzene rings is 8. The van der Waals surface area contributed by atoms with Gasteiger partial charge >= 0.3 is 7.32 Å². The Kier molecular flexibility index (Phi) is 19.7. The third kappa shape index (κ3) is 12.6. The molecule has 0 heterocycles. The van der Waals surface area contributed by atoms with Gasteiger partial charge in [0.05, 0.1) is 22.3 Å². The fourth-order valence-corrected chi connectivity index (χ4v) is 5.85. The van der Waals surface area contributed by atoms with Crippen LogP contribution < -0.4 is 0 Å². The fraction of sp³-hybridized carbons (Fsp3) is 0. The van der Waals surface area contributed by atoms with Crippen LogP contribution in [0, 0.1) is 116 Å². The molecule has 0 amide bonds. The lowest BCUT2D eigenvalue weighted by molar-refractivity contribution is 0.278. The molecule has 0 bridgehead atoms. The van der Waals surface area contributed by atoms with Gasteiger partial charge in [-0.1, -0.05) is 121 Å².